The molecule has 1 aromatic carbocycles. The maximum absolute atomic E-state index is 10.6. The highest BCUT2D eigenvalue weighted by Crippen LogP contribution is 2.25. The van der Waals surface area contributed by atoms with E-state index in [4.69, 9.17) is 5.11 Å². The van der Waals surface area contributed by atoms with Gasteiger partial charge in [0.1, 0.15) is 5.75 Å². The Balaban J connectivity index is 2.40. The van der Waals surface area contributed by atoms with Gasteiger partial charge in [-0.15, -0.1) is 0 Å². The average Bonchev–Trinajstić information content (AvgIpc) is 2.65. The second-order valence-electron chi connectivity index (χ2n) is 3.38. The highest BCUT2D eigenvalue weighted by atomic mass is 16.4. The van der Waals surface area contributed by atoms with E-state index in [0.717, 1.165) is 5.56 Å². The Labute approximate surface area is 91.4 Å². The first-order valence-corrected chi connectivity index (χ1v) is 4.70. The molecule has 0 atom stereocenters. The molecule has 0 bridgehead atoms. The Morgan fingerprint density at radius 1 is 1.44 bits per heavy atom. The molecule has 0 amide bonds. The van der Waals surface area contributed by atoms with Crippen molar-refractivity contribution in [1.29, 1.82) is 0 Å². The van der Waals surface area contributed by atoms with Crippen LogP contribution in [-0.2, 0) is 11.2 Å². The van der Waals surface area contributed by atoms with Crippen molar-refractivity contribution in [2.45, 2.75) is 6.42 Å². The third kappa shape index (κ3) is 2.03. The van der Waals surface area contributed by atoms with Gasteiger partial charge in [0.05, 0.1) is 18.3 Å². The van der Waals surface area contributed by atoms with Crippen molar-refractivity contribution >= 4 is 5.97 Å². The first kappa shape index (κ1) is 10.2. The Morgan fingerprint density at radius 2 is 2.25 bits per heavy atom. The lowest BCUT2D eigenvalue weighted by Crippen LogP contribution is -2.01. The van der Waals surface area contributed by atoms with Crippen LogP contribution in [-0.4, -0.2) is 26.4 Å². The van der Waals surface area contributed by atoms with Crippen molar-refractivity contribution in [3.8, 4) is 16.9 Å². The standard InChI is InChI=1S/C11H10N2O3/c14-8-3-1-2-7(4-8)9-6-12-13-10(9)5-11(15)16/h1-4,6,14H,5H2,(H,12,13)(H,15,16). The summed E-state index contributed by atoms with van der Waals surface area (Å²) in [4.78, 5) is 10.6. The van der Waals surface area contributed by atoms with Crippen molar-refractivity contribution in [3.63, 3.8) is 0 Å². The fraction of sp³-hybridized carbons (Fsp3) is 0.0909. The van der Waals surface area contributed by atoms with Gasteiger partial charge in [-0.05, 0) is 17.7 Å². The molecule has 0 saturated carbocycles. The average molecular weight is 218 g/mol. The number of aromatic nitrogens is 2. The van der Waals surface area contributed by atoms with E-state index in [1.165, 1.54) is 0 Å². The molecule has 0 spiro atoms. The van der Waals surface area contributed by atoms with Gasteiger partial charge in [-0.1, -0.05) is 12.1 Å². The zero-order valence-electron chi connectivity index (χ0n) is 8.34. The van der Waals surface area contributed by atoms with Crippen LogP contribution in [0.3, 0.4) is 0 Å². The van der Waals surface area contributed by atoms with Crippen molar-refractivity contribution in [3.05, 3.63) is 36.2 Å². The van der Waals surface area contributed by atoms with E-state index in [9.17, 15) is 9.90 Å². The summed E-state index contributed by atoms with van der Waals surface area (Å²) in [5.41, 5.74) is 1.96. The first-order valence-electron chi connectivity index (χ1n) is 4.70. The molecular formula is C11H10N2O3. The van der Waals surface area contributed by atoms with E-state index in [-0.39, 0.29) is 12.2 Å². The van der Waals surface area contributed by atoms with Crippen molar-refractivity contribution in [1.82, 2.24) is 10.2 Å². The topological polar surface area (TPSA) is 86.2 Å². The summed E-state index contributed by atoms with van der Waals surface area (Å²) in [7, 11) is 0. The number of benzene rings is 1. The highest BCUT2D eigenvalue weighted by Gasteiger charge is 2.10. The van der Waals surface area contributed by atoms with Gasteiger partial charge in [0, 0.05) is 5.56 Å². The van der Waals surface area contributed by atoms with Crippen LogP contribution in [0.25, 0.3) is 11.1 Å². The molecule has 0 aliphatic rings. The van der Waals surface area contributed by atoms with Crippen LogP contribution in [0.15, 0.2) is 30.5 Å². The number of phenolic OH excluding ortho intramolecular Hbond substituents is 1. The Morgan fingerprint density at radius 3 is 2.94 bits per heavy atom. The predicted octanol–water partition coefficient (Wildman–Crippen LogP) is 1.41. The normalized spacial score (nSPS) is 10.2. The third-order valence-electron chi connectivity index (χ3n) is 2.20. The molecule has 16 heavy (non-hydrogen) atoms. The summed E-state index contributed by atoms with van der Waals surface area (Å²) < 4.78 is 0. The van der Waals surface area contributed by atoms with Crippen LogP contribution in [0.1, 0.15) is 5.69 Å². The summed E-state index contributed by atoms with van der Waals surface area (Å²) in [6.45, 7) is 0. The van der Waals surface area contributed by atoms with Crippen molar-refractivity contribution in [2.75, 3.05) is 0 Å². The lowest BCUT2D eigenvalue weighted by molar-refractivity contribution is -0.136. The van der Waals surface area contributed by atoms with E-state index in [0.29, 0.717) is 11.3 Å². The maximum atomic E-state index is 10.6. The zero-order chi connectivity index (χ0) is 11.5. The quantitative estimate of drug-likeness (QED) is 0.727. The number of rotatable bonds is 3. The van der Waals surface area contributed by atoms with E-state index in [1.54, 1.807) is 30.5 Å². The minimum Gasteiger partial charge on any atom is -0.508 e. The molecule has 0 aliphatic carbocycles. The van der Waals surface area contributed by atoms with Crippen LogP contribution >= 0.6 is 0 Å². The fourth-order valence-electron chi connectivity index (χ4n) is 1.52. The van der Waals surface area contributed by atoms with E-state index in [1.807, 2.05) is 0 Å². The minimum absolute atomic E-state index is 0.120. The van der Waals surface area contributed by atoms with Crippen LogP contribution in [0.5, 0.6) is 5.75 Å². The summed E-state index contributed by atoms with van der Waals surface area (Å²) >= 11 is 0. The third-order valence-corrected chi connectivity index (χ3v) is 2.20. The lowest BCUT2D eigenvalue weighted by atomic mass is 10.0. The maximum Gasteiger partial charge on any atom is 0.309 e. The molecule has 0 radical (unpaired) electrons. The van der Waals surface area contributed by atoms with E-state index < -0.39 is 5.97 Å². The SMILES string of the molecule is O=C(O)Cc1[nH]ncc1-c1cccc(O)c1. The van der Waals surface area contributed by atoms with E-state index in [2.05, 4.69) is 10.2 Å². The second-order valence-corrected chi connectivity index (χ2v) is 3.38. The van der Waals surface area contributed by atoms with Crippen molar-refractivity contribution in [2.24, 2.45) is 0 Å². The van der Waals surface area contributed by atoms with E-state index >= 15 is 0 Å². The van der Waals surface area contributed by atoms with Gasteiger partial charge in [0.25, 0.3) is 0 Å². The van der Waals surface area contributed by atoms with Gasteiger partial charge in [-0.3, -0.25) is 9.89 Å². The highest BCUT2D eigenvalue weighted by molar-refractivity contribution is 5.75. The van der Waals surface area contributed by atoms with Crippen molar-refractivity contribution < 1.29 is 15.0 Å². The Kier molecular flexibility index (Phi) is 2.59. The summed E-state index contributed by atoms with van der Waals surface area (Å²) in [5, 5.41) is 24.5. The zero-order valence-corrected chi connectivity index (χ0v) is 8.34. The molecule has 0 fully saturated rings. The number of carboxylic acids is 1. The molecule has 0 saturated heterocycles. The van der Waals surface area contributed by atoms with Gasteiger partial charge in [0.2, 0.25) is 0 Å². The number of hydrogen-bond acceptors (Lipinski definition) is 3. The molecule has 3 N–H and O–H groups in total. The molecule has 5 heteroatoms. The number of aromatic hydroxyl groups is 1. The van der Waals surface area contributed by atoms with Crippen LogP contribution in [0.2, 0.25) is 0 Å². The number of phenols is 1. The number of aromatic amines is 1. The minimum atomic E-state index is -0.925. The molecule has 0 unspecified atom stereocenters. The van der Waals surface area contributed by atoms with Gasteiger partial charge < -0.3 is 10.2 Å². The lowest BCUT2D eigenvalue weighted by Gasteiger charge is -2.01. The van der Waals surface area contributed by atoms with Gasteiger partial charge in [-0.2, -0.15) is 5.10 Å². The second kappa shape index (κ2) is 4.06. The summed E-state index contributed by atoms with van der Waals surface area (Å²) in [6.07, 6.45) is 1.43. The fourth-order valence-corrected chi connectivity index (χ4v) is 1.52. The number of aliphatic carboxylic acids is 1. The number of hydrogen-bond donors (Lipinski definition) is 3. The molecule has 1 heterocycles. The summed E-state index contributed by atoms with van der Waals surface area (Å²) in [5.74, 6) is -0.786. The van der Waals surface area contributed by atoms with Crippen LogP contribution < -0.4 is 0 Å². The predicted molar refractivity (Wildman–Crippen MR) is 57.0 cm³/mol. The van der Waals surface area contributed by atoms with Crippen LogP contribution in [0, 0.1) is 0 Å². The first-order chi connectivity index (χ1) is 7.66. The van der Waals surface area contributed by atoms with Crippen LogP contribution in [0.4, 0.5) is 0 Å². The number of nitrogens with zero attached hydrogens (tertiary/aromatic N) is 1. The molecule has 1 aromatic heterocycles. The largest absolute Gasteiger partial charge is 0.508 e. The molecule has 0 aliphatic heterocycles. The Bertz CT molecular complexity index is 519. The smallest absolute Gasteiger partial charge is 0.309 e. The molecule has 2 rings (SSSR count). The number of carbonyl (C=O) groups is 1. The monoisotopic (exact) mass is 218 g/mol. The molecule has 5 nitrogen and oxygen atoms in total. The molecule has 82 valence electrons. The number of H-pyrrole nitrogens is 1. The van der Waals surface area contributed by atoms with Gasteiger partial charge in [0.15, 0.2) is 0 Å². The molecule has 2 aromatic rings. The number of nitrogens with one attached hydrogen (secondary N) is 1. The van der Waals surface area contributed by atoms with Gasteiger partial charge >= 0.3 is 5.97 Å². The Hall–Kier alpha value is -2.30. The van der Waals surface area contributed by atoms with Gasteiger partial charge in [-0.25, -0.2) is 0 Å². The molecular weight excluding hydrogens is 208 g/mol. The number of carboxylic acid groups (broad SMARTS) is 1. The summed E-state index contributed by atoms with van der Waals surface area (Å²) in [6, 6.07) is 6.61.